The van der Waals surface area contributed by atoms with Crippen LogP contribution in [0.25, 0.3) is 0 Å². The molecule has 0 unspecified atom stereocenters. The number of carboxylic acids is 1. The van der Waals surface area contributed by atoms with Crippen molar-refractivity contribution in [2.75, 3.05) is 23.3 Å². The zero-order valence-electron chi connectivity index (χ0n) is 13.4. The van der Waals surface area contributed by atoms with E-state index in [0.29, 0.717) is 18.9 Å². The van der Waals surface area contributed by atoms with Crippen LogP contribution in [0.4, 0.5) is 15.9 Å². The fraction of sp³-hybridized carbons (Fsp3) is 0.235. The van der Waals surface area contributed by atoms with E-state index in [1.165, 1.54) is 36.5 Å². The molecule has 2 aromatic rings. The van der Waals surface area contributed by atoms with E-state index in [1.54, 1.807) is 0 Å². The minimum atomic E-state index is -1.12. The summed E-state index contributed by atoms with van der Waals surface area (Å²) in [5, 5.41) is 12.0. The molecule has 0 spiro atoms. The van der Waals surface area contributed by atoms with Crippen LogP contribution >= 0.6 is 0 Å². The Labute approximate surface area is 138 Å². The zero-order valence-corrected chi connectivity index (χ0v) is 13.4. The Morgan fingerprint density at radius 3 is 2.38 bits per heavy atom. The second-order valence-electron chi connectivity index (χ2n) is 5.03. The van der Waals surface area contributed by atoms with Gasteiger partial charge in [0.05, 0.1) is 11.9 Å². The van der Waals surface area contributed by atoms with E-state index in [2.05, 4.69) is 10.3 Å². The summed E-state index contributed by atoms with van der Waals surface area (Å²) in [6, 6.07) is 6.42. The predicted molar refractivity (Wildman–Crippen MR) is 89.1 cm³/mol. The van der Waals surface area contributed by atoms with Crippen LogP contribution in [0.15, 0.2) is 36.5 Å². The minimum absolute atomic E-state index is 0.00982. The number of carbonyl (C=O) groups is 2. The summed E-state index contributed by atoms with van der Waals surface area (Å²) in [6.07, 6.45) is 1.40. The highest BCUT2D eigenvalue weighted by molar-refractivity contribution is 6.05. The van der Waals surface area contributed by atoms with E-state index in [0.717, 1.165) is 0 Å². The largest absolute Gasteiger partial charge is 0.478 e. The average Bonchev–Trinajstić information content (AvgIpc) is 2.57. The first kappa shape index (κ1) is 17.4. The number of aromatic nitrogens is 1. The van der Waals surface area contributed by atoms with E-state index in [4.69, 9.17) is 0 Å². The lowest BCUT2D eigenvalue weighted by atomic mass is 10.2. The number of anilines is 2. The number of nitrogens with one attached hydrogen (secondary N) is 1. The number of pyridine rings is 1. The van der Waals surface area contributed by atoms with Crippen molar-refractivity contribution in [2.45, 2.75) is 13.8 Å². The van der Waals surface area contributed by atoms with Gasteiger partial charge in [0.2, 0.25) is 0 Å². The summed E-state index contributed by atoms with van der Waals surface area (Å²) in [7, 11) is 0. The molecule has 0 aliphatic heterocycles. The minimum Gasteiger partial charge on any atom is -0.478 e. The summed E-state index contributed by atoms with van der Waals surface area (Å²) in [6.45, 7) is 5.04. The lowest BCUT2D eigenvalue weighted by Gasteiger charge is -2.21. The van der Waals surface area contributed by atoms with Crippen molar-refractivity contribution in [3.63, 3.8) is 0 Å². The maximum Gasteiger partial charge on any atom is 0.339 e. The van der Waals surface area contributed by atoms with Gasteiger partial charge in [-0.05, 0) is 44.2 Å². The third kappa shape index (κ3) is 3.87. The van der Waals surface area contributed by atoms with Crippen molar-refractivity contribution in [3.8, 4) is 0 Å². The molecule has 0 saturated heterocycles. The van der Waals surface area contributed by atoms with Crippen LogP contribution in [0.3, 0.4) is 0 Å². The van der Waals surface area contributed by atoms with Gasteiger partial charge >= 0.3 is 5.97 Å². The first-order valence-corrected chi connectivity index (χ1v) is 7.51. The topological polar surface area (TPSA) is 82.5 Å². The Balaban J connectivity index is 2.28. The Morgan fingerprint density at radius 2 is 1.83 bits per heavy atom. The van der Waals surface area contributed by atoms with Gasteiger partial charge in [-0.15, -0.1) is 0 Å². The maximum atomic E-state index is 12.9. The summed E-state index contributed by atoms with van der Waals surface area (Å²) in [5.41, 5.74) is 0.536. The molecule has 0 atom stereocenters. The van der Waals surface area contributed by atoms with Crippen molar-refractivity contribution in [1.82, 2.24) is 4.98 Å². The molecule has 2 rings (SSSR count). The number of benzene rings is 1. The second-order valence-corrected chi connectivity index (χ2v) is 5.03. The second kappa shape index (κ2) is 7.54. The molecule has 7 heteroatoms. The molecular weight excluding hydrogens is 313 g/mol. The SMILES string of the molecule is CCN(CC)c1ncc(NC(=O)c2ccc(F)cc2)cc1C(=O)O. The number of aromatic carboxylic acids is 1. The van der Waals surface area contributed by atoms with E-state index in [-0.39, 0.29) is 16.8 Å². The van der Waals surface area contributed by atoms with Crippen LogP contribution in [0.2, 0.25) is 0 Å². The fourth-order valence-electron chi connectivity index (χ4n) is 2.26. The summed E-state index contributed by atoms with van der Waals surface area (Å²) >= 11 is 0. The van der Waals surface area contributed by atoms with Crippen molar-refractivity contribution >= 4 is 23.4 Å². The highest BCUT2D eigenvalue weighted by Gasteiger charge is 2.17. The van der Waals surface area contributed by atoms with Crippen LogP contribution in [0.5, 0.6) is 0 Å². The average molecular weight is 331 g/mol. The molecule has 24 heavy (non-hydrogen) atoms. The number of hydrogen-bond acceptors (Lipinski definition) is 4. The third-order valence-electron chi connectivity index (χ3n) is 3.52. The number of carbonyl (C=O) groups excluding carboxylic acids is 1. The molecule has 126 valence electrons. The molecule has 6 nitrogen and oxygen atoms in total. The molecule has 1 amide bonds. The quantitative estimate of drug-likeness (QED) is 0.850. The van der Waals surface area contributed by atoms with Crippen molar-refractivity contribution < 1.29 is 19.1 Å². The first-order chi connectivity index (χ1) is 11.5. The van der Waals surface area contributed by atoms with Crippen LogP contribution in [0.1, 0.15) is 34.6 Å². The molecule has 0 aliphatic rings. The summed E-state index contributed by atoms with van der Waals surface area (Å²) < 4.78 is 12.9. The van der Waals surface area contributed by atoms with Gasteiger partial charge < -0.3 is 15.3 Å². The van der Waals surface area contributed by atoms with Gasteiger partial charge in [-0.25, -0.2) is 14.2 Å². The van der Waals surface area contributed by atoms with Gasteiger partial charge in [-0.1, -0.05) is 0 Å². The molecule has 0 saturated carbocycles. The summed E-state index contributed by atoms with van der Waals surface area (Å²) in [4.78, 5) is 29.6. The Morgan fingerprint density at radius 1 is 1.21 bits per heavy atom. The Hall–Kier alpha value is -2.96. The number of halogens is 1. The standard InChI is InChI=1S/C17H18FN3O3/c1-3-21(4-2)15-14(17(23)24)9-13(10-19-15)20-16(22)11-5-7-12(18)8-6-11/h5-10H,3-4H2,1-2H3,(H,20,22)(H,23,24). The molecular formula is C17H18FN3O3. The van der Waals surface area contributed by atoms with Crippen LogP contribution in [-0.4, -0.2) is 35.1 Å². The number of carboxylic acid groups (broad SMARTS) is 1. The Bertz CT molecular complexity index is 743. The highest BCUT2D eigenvalue weighted by atomic mass is 19.1. The van der Waals surface area contributed by atoms with Crippen molar-refractivity contribution in [1.29, 1.82) is 0 Å². The number of amides is 1. The van der Waals surface area contributed by atoms with Gasteiger partial charge in [0.1, 0.15) is 17.2 Å². The zero-order chi connectivity index (χ0) is 17.7. The highest BCUT2D eigenvalue weighted by Crippen LogP contribution is 2.21. The normalized spacial score (nSPS) is 10.3. The first-order valence-electron chi connectivity index (χ1n) is 7.51. The Kier molecular flexibility index (Phi) is 5.47. The van der Waals surface area contributed by atoms with Crippen molar-refractivity contribution in [3.05, 3.63) is 53.5 Å². The smallest absolute Gasteiger partial charge is 0.339 e. The molecule has 2 N–H and O–H groups in total. The van der Waals surface area contributed by atoms with Gasteiger partial charge in [-0.3, -0.25) is 4.79 Å². The predicted octanol–water partition coefficient (Wildman–Crippen LogP) is 3.02. The lowest BCUT2D eigenvalue weighted by Crippen LogP contribution is -2.25. The van der Waals surface area contributed by atoms with E-state index >= 15 is 0 Å². The maximum absolute atomic E-state index is 12.9. The fourth-order valence-corrected chi connectivity index (χ4v) is 2.26. The molecule has 1 aromatic carbocycles. The monoisotopic (exact) mass is 331 g/mol. The van der Waals surface area contributed by atoms with Gasteiger partial charge in [0.25, 0.3) is 5.91 Å². The van der Waals surface area contributed by atoms with Crippen LogP contribution < -0.4 is 10.2 Å². The van der Waals surface area contributed by atoms with E-state index < -0.39 is 17.7 Å². The lowest BCUT2D eigenvalue weighted by molar-refractivity contribution is 0.0696. The summed E-state index contributed by atoms with van der Waals surface area (Å²) in [5.74, 6) is -1.68. The number of rotatable bonds is 6. The van der Waals surface area contributed by atoms with Crippen molar-refractivity contribution in [2.24, 2.45) is 0 Å². The van der Waals surface area contributed by atoms with Crippen LogP contribution in [-0.2, 0) is 0 Å². The molecule has 1 heterocycles. The number of nitrogens with zero attached hydrogens (tertiary/aromatic N) is 2. The van der Waals surface area contributed by atoms with Gasteiger partial charge in [0, 0.05) is 18.7 Å². The van der Waals surface area contributed by atoms with Gasteiger partial charge in [0.15, 0.2) is 0 Å². The molecule has 0 bridgehead atoms. The molecule has 1 aromatic heterocycles. The number of hydrogen-bond donors (Lipinski definition) is 2. The molecule has 0 fully saturated rings. The van der Waals surface area contributed by atoms with E-state index in [9.17, 15) is 19.1 Å². The van der Waals surface area contributed by atoms with Gasteiger partial charge in [-0.2, -0.15) is 0 Å². The van der Waals surface area contributed by atoms with Crippen LogP contribution in [0, 0.1) is 5.82 Å². The molecule has 0 radical (unpaired) electrons. The molecule has 0 aliphatic carbocycles. The third-order valence-corrected chi connectivity index (χ3v) is 3.52. The van der Waals surface area contributed by atoms with E-state index in [1.807, 2.05) is 18.7 Å².